The fraction of sp³-hybridized carbons (Fsp3) is 0.368. The van der Waals surface area contributed by atoms with Crippen LogP contribution in [0, 0.1) is 0 Å². The lowest BCUT2D eigenvalue weighted by Crippen LogP contribution is -2.36. The Morgan fingerprint density at radius 1 is 1.26 bits per heavy atom. The topological polar surface area (TPSA) is 51.2 Å². The van der Waals surface area contributed by atoms with Gasteiger partial charge in [0.1, 0.15) is 0 Å². The van der Waals surface area contributed by atoms with Gasteiger partial charge in [0, 0.05) is 19.3 Å². The molecule has 0 radical (unpaired) electrons. The van der Waals surface area contributed by atoms with Crippen LogP contribution < -0.4 is 5.32 Å². The van der Waals surface area contributed by atoms with Crippen molar-refractivity contribution in [1.29, 1.82) is 0 Å². The molecule has 0 bridgehead atoms. The zero-order valence-electron chi connectivity index (χ0n) is 13.4. The highest BCUT2D eigenvalue weighted by molar-refractivity contribution is 5.94. The molecule has 1 aliphatic rings. The second-order valence-corrected chi connectivity index (χ2v) is 6.01. The van der Waals surface area contributed by atoms with E-state index >= 15 is 0 Å². The molecule has 0 spiro atoms. The van der Waals surface area contributed by atoms with Gasteiger partial charge in [0.25, 0.3) is 5.91 Å². The second kappa shape index (κ2) is 7.38. The summed E-state index contributed by atoms with van der Waals surface area (Å²) in [7, 11) is 1.63. The number of aromatic nitrogens is 1. The third-order valence-electron chi connectivity index (χ3n) is 4.30. The van der Waals surface area contributed by atoms with Crippen molar-refractivity contribution in [3.8, 4) is 0 Å². The van der Waals surface area contributed by atoms with Crippen molar-refractivity contribution < 1.29 is 9.53 Å². The van der Waals surface area contributed by atoms with Crippen molar-refractivity contribution in [2.45, 2.75) is 38.3 Å². The van der Waals surface area contributed by atoms with Gasteiger partial charge in [-0.1, -0.05) is 24.3 Å². The fourth-order valence-corrected chi connectivity index (χ4v) is 3.09. The number of rotatable bonds is 4. The number of ether oxygens (including phenoxy) is 1. The van der Waals surface area contributed by atoms with Gasteiger partial charge in [0.15, 0.2) is 0 Å². The number of hydrogen-bond acceptors (Lipinski definition) is 3. The quantitative estimate of drug-likeness (QED) is 0.884. The number of hydrogen-bond donors (Lipinski definition) is 1. The van der Waals surface area contributed by atoms with Crippen LogP contribution in [0.5, 0.6) is 0 Å². The van der Waals surface area contributed by atoms with Crippen LogP contribution in [-0.4, -0.2) is 24.0 Å². The van der Waals surface area contributed by atoms with Crippen molar-refractivity contribution in [3.63, 3.8) is 0 Å². The number of benzene rings is 1. The number of aryl methyl sites for hydroxylation is 1. The number of carbonyl (C=O) groups excluding carboxylic acids is 1. The van der Waals surface area contributed by atoms with Crippen LogP contribution in [0.2, 0.25) is 0 Å². The first-order valence-corrected chi connectivity index (χ1v) is 8.08. The summed E-state index contributed by atoms with van der Waals surface area (Å²) in [4.78, 5) is 16.7. The molecule has 4 heteroatoms. The van der Waals surface area contributed by atoms with E-state index < -0.39 is 0 Å². The highest BCUT2D eigenvalue weighted by Gasteiger charge is 2.19. The Kier molecular flexibility index (Phi) is 5.03. The molecule has 1 heterocycles. The first-order valence-electron chi connectivity index (χ1n) is 8.08. The Morgan fingerprint density at radius 3 is 2.83 bits per heavy atom. The summed E-state index contributed by atoms with van der Waals surface area (Å²) in [5, 5.41) is 3.16. The predicted octanol–water partition coefficient (Wildman–Crippen LogP) is 2.91. The van der Waals surface area contributed by atoms with Crippen molar-refractivity contribution in [2.24, 2.45) is 0 Å². The Morgan fingerprint density at radius 2 is 2.09 bits per heavy atom. The first kappa shape index (κ1) is 15.7. The third-order valence-corrected chi connectivity index (χ3v) is 4.30. The molecular weight excluding hydrogens is 288 g/mol. The third kappa shape index (κ3) is 3.96. The van der Waals surface area contributed by atoms with Crippen LogP contribution in [0.1, 0.15) is 40.0 Å². The summed E-state index contributed by atoms with van der Waals surface area (Å²) in [5.74, 6) is -0.0501. The van der Waals surface area contributed by atoms with Crippen molar-refractivity contribution in [1.82, 2.24) is 10.3 Å². The van der Waals surface area contributed by atoms with E-state index in [1.54, 1.807) is 19.4 Å². The van der Waals surface area contributed by atoms with E-state index in [4.69, 9.17) is 4.74 Å². The molecule has 1 amide bonds. The van der Waals surface area contributed by atoms with Crippen LogP contribution in [0.3, 0.4) is 0 Å². The molecule has 0 fully saturated rings. The molecule has 1 aliphatic carbocycles. The Balaban J connectivity index is 1.65. The summed E-state index contributed by atoms with van der Waals surface area (Å²) in [6, 6.07) is 12.3. The molecule has 1 N–H and O–H groups in total. The Hall–Kier alpha value is -2.20. The smallest absolute Gasteiger partial charge is 0.253 e. The summed E-state index contributed by atoms with van der Waals surface area (Å²) >= 11 is 0. The van der Waals surface area contributed by atoms with E-state index in [0.717, 1.165) is 31.4 Å². The van der Waals surface area contributed by atoms with Gasteiger partial charge in [-0.15, -0.1) is 0 Å². The molecule has 0 aliphatic heterocycles. The van der Waals surface area contributed by atoms with E-state index in [0.29, 0.717) is 12.2 Å². The number of carbonyl (C=O) groups is 1. The van der Waals surface area contributed by atoms with Crippen LogP contribution >= 0.6 is 0 Å². The van der Waals surface area contributed by atoms with Crippen LogP contribution in [-0.2, 0) is 24.2 Å². The molecular formula is C19H22N2O2. The van der Waals surface area contributed by atoms with E-state index in [-0.39, 0.29) is 11.9 Å². The number of methoxy groups -OCH3 is 1. The van der Waals surface area contributed by atoms with Crippen LogP contribution in [0.15, 0.2) is 42.6 Å². The number of pyridine rings is 1. The highest BCUT2D eigenvalue weighted by Crippen LogP contribution is 2.20. The van der Waals surface area contributed by atoms with Gasteiger partial charge in [0.2, 0.25) is 0 Å². The molecule has 1 atom stereocenters. The lowest BCUT2D eigenvalue weighted by Gasteiger charge is -2.17. The molecule has 1 aromatic heterocycles. The summed E-state index contributed by atoms with van der Waals surface area (Å²) in [6.07, 6.45) is 5.73. The van der Waals surface area contributed by atoms with Gasteiger partial charge in [-0.05, 0) is 48.9 Å². The second-order valence-electron chi connectivity index (χ2n) is 6.01. The van der Waals surface area contributed by atoms with Crippen molar-refractivity contribution >= 4 is 5.91 Å². The molecule has 4 nitrogen and oxygen atoms in total. The molecule has 2 aromatic rings. The molecule has 0 saturated carbocycles. The number of nitrogens with one attached hydrogen (secondary N) is 1. The van der Waals surface area contributed by atoms with E-state index in [1.165, 1.54) is 11.1 Å². The van der Waals surface area contributed by atoms with Gasteiger partial charge in [-0.25, -0.2) is 0 Å². The normalized spacial score (nSPS) is 17.2. The monoisotopic (exact) mass is 310 g/mol. The zero-order chi connectivity index (χ0) is 16.1. The standard InChI is InChI=1S/C19H22N2O2/c1-23-13-18-10-9-16(12-20-18)19(22)21-17-8-4-7-14-5-2-3-6-15(14)11-17/h2-3,5-6,9-10,12,17H,4,7-8,11,13H2,1H3,(H,21,22). The van der Waals surface area contributed by atoms with E-state index in [2.05, 4.69) is 34.6 Å². The van der Waals surface area contributed by atoms with E-state index in [9.17, 15) is 4.79 Å². The number of fused-ring (bicyclic) bond motifs is 1. The number of amides is 1. The maximum atomic E-state index is 12.4. The SMILES string of the molecule is COCc1ccc(C(=O)NC2CCCc3ccccc3C2)cn1. The molecule has 0 saturated heterocycles. The average Bonchev–Trinajstić information content (AvgIpc) is 2.77. The molecule has 23 heavy (non-hydrogen) atoms. The van der Waals surface area contributed by atoms with Crippen molar-refractivity contribution in [3.05, 3.63) is 65.0 Å². The molecule has 3 rings (SSSR count). The van der Waals surface area contributed by atoms with Gasteiger partial charge in [-0.2, -0.15) is 0 Å². The lowest BCUT2D eigenvalue weighted by molar-refractivity contribution is 0.0934. The minimum Gasteiger partial charge on any atom is -0.378 e. The minimum atomic E-state index is -0.0501. The largest absolute Gasteiger partial charge is 0.378 e. The minimum absolute atomic E-state index is 0.0501. The zero-order valence-corrected chi connectivity index (χ0v) is 13.4. The fourth-order valence-electron chi connectivity index (χ4n) is 3.09. The number of nitrogens with zero attached hydrogens (tertiary/aromatic N) is 1. The van der Waals surface area contributed by atoms with Gasteiger partial charge in [-0.3, -0.25) is 9.78 Å². The summed E-state index contributed by atoms with van der Waals surface area (Å²) < 4.78 is 5.03. The average molecular weight is 310 g/mol. The Bertz CT molecular complexity index is 667. The molecule has 120 valence electrons. The summed E-state index contributed by atoms with van der Waals surface area (Å²) in [6.45, 7) is 0.460. The molecule has 1 unspecified atom stereocenters. The Labute approximate surface area is 136 Å². The maximum Gasteiger partial charge on any atom is 0.253 e. The molecule has 1 aromatic carbocycles. The van der Waals surface area contributed by atoms with Crippen LogP contribution in [0.4, 0.5) is 0 Å². The van der Waals surface area contributed by atoms with Gasteiger partial charge in [0.05, 0.1) is 17.9 Å². The highest BCUT2D eigenvalue weighted by atomic mass is 16.5. The first-order chi connectivity index (χ1) is 11.3. The lowest BCUT2D eigenvalue weighted by atomic mass is 10.0. The van der Waals surface area contributed by atoms with E-state index in [1.807, 2.05) is 6.07 Å². The summed E-state index contributed by atoms with van der Waals surface area (Å²) in [5.41, 5.74) is 4.19. The van der Waals surface area contributed by atoms with Crippen molar-refractivity contribution in [2.75, 3.05) is 7.11 Å². The van der Waals surface area contributed by atoms with Crippen LogP contribution in [0.25, 0.3) is 0 Å². The predicted molar refractivity (Wildman–Crippen MR) is 89.3 cm³/mol. The van der Waals surface area contributed by atoms with Gasteiger partial charge >= 0.3 is 0 Å². The van der Waals surface area contributed by atoms with Gasteiger partial charge < -0.3 is 10.1 Å². The maximum absolute atomic E-state index is 12.4.